The Balaban J connectivity index is 1.92. The Morgan fingerprint density at radius 3 is 3.06 bits per heavy atom. The van der Waals surface area contributed by atoms with Crippen molar-refractivity contribution in [2.45, 2.75) is 18.9 Å². The van der Waals surface area contributed by atoms with Gasteiger partial charge in [-0.05, 0) is 25.0 Å². The molecule has 0 spiro atoms. The summed E-state index contributed by atoms with van der Waals surface area (Å²) in [5.41, 5.74) is 6.06. The van der Waals surface area contributed by atoms with Gasteiger partial charge in [-0.25, -0.2) is 0 Å². The van der Waals surface area contributed by atoms with Crippen molar-refractivity contribution >= 4 is 5.91 Å². The van der Waals surface area contributed by atoms with Crippen LogP contribution in [-0.4, -0.2) is 23.6 Å². The number of carbonyl (C=O) groups excluding carboxylic acids is 1. The first kappa shape index (κ1) is 11.0. The van der Waals surface area contributed by atoms with E-state index in [1.807, 2.05) is 30.5 Å². The fourth-order valence-electron chi connectivity index (χ4n) is 1.68. The van der Waals surface area contributed by atoms with Crippen molar-refractivity contribution in [3.05, 3.63) is 36.2 Å². The molecule has 0 saturated heterocycles. The van der Waals surface area contributed by atoms with Crippen LogP contribution >= 0.6 is 0 Å². The van der Waals surface area contributed by atoms with E-state index in [1.54, 1.807) is 0 Å². The molecule has 0 aliphatic heterocycles. The van der Waals surface area contributed by atoms with Crippen LogP contribution in [-0.2, 0) is 0 Å². The van der Waals surface area contributed by atoms with E-state index >= 15 is 0 Å². The van der Waals surface area contributed by atoms with E-state index in [-0.39, 0.29) is 5.91 Å². The highest BCUT2D eigenvalue weighted by atomic mass is 16.1. The van der Waals surface area contributed by atoms with Gasteiger partial charge in [0.05, 0.1) is 0 Å². The van der Waals surface area contributed by atoms with Crippen LogP contribution in [0.5, 0.6) is 0 Å². The third-order valence-electron chi connectivity index (χ3n) is 2.64. The zero-order valence-electron chi connectivity index (χ0n) is 9.23. The van der Waals surface area contributed by atoms with Crippen LogP contribution in [0.25, 0.3) is 0 Å². The number of carbonyl (C=O) groups is 1. The van der Waals surface area contributed by atoms with Gasteiger partial charge in [-0.15, -0.1) is 0 Å². The summed E-state index contributed by atoms with van der Waals surface area (Å²) in [6, 6.07) is 4.32. The van der Waals surface area contributed by atoms with Gasteiger partial charge in [-0.3, -0.25) is 4.79 Å². The van der Waals surface area contributed by atoms with Crippen molar-refractivity contribution in [2.24, 2.45) is 5.73 Å². The summed E-state index contributed by atoms with van der Waals surface area (Å²) in [6.45, 7) is 1.04. The van der Waals surface area contributed by atoms with Gasteiger partial charge in [-0.1, -0.05) is 12.2 Å². The van der Waals surface area contributed by atoms with Crippen molar-refractivity contribution in [3.63, 3.8) is 0 Å². The van der Waals surface area contributed by atoms with E-state index in [9.17, 15) is 4.79 Å². The maximum Gasteiger partial charge on any atom is 0.268 e. The predicted octanol–water partition coefficient (Wildman–Crippen LogP) is 1.07. The van der Waals surface area contributed by atoms with Crippen molar-refractivity contribution in [1.29, 1.82) is 0 Å². The van der Waals surface area contributed by atoms with Crippen molar-refractivity contribution < 1.29 is 4.79 Å². The maximum atomic E-state index is 11.8. The monoisotopic (exact) mass is 219 g/mol. The number of rotatable bonds is 5. The SMILES string of the molecule is NC/C=C/CNC(=O)c1cccn1C1CC1. The lowest BCUT2D eigenvalue weighted by atomic mass is 10.4. The lowest BCUT2D eigenvalue weighted by Crippen LogP contribution is -2.25. The summed E-state index contributed by atoms with van der Waals surface area (Å²) < 4.78 is 2.06. The summed E-state index contributed by atoms with van der Waals surface area (Å²) in [6.07, 6.45) is 8.04. The van der Waals surface area contributed by atoms with E-state index in [4.69, 9.17) is 5.73 Å². The highest BCUT2D eigenvalue weighted by Gasteiger charge is 2.26. The van der Waals surface area contributed by atoms with E-state index in [1.165, 1.54) is 12.8 Å². The Hall–Kier alpha value is -1.55. The van der Waals surface area contributed by atoms with Crippen molar-refractivity contribution in [2.75, 3.05) is 13.1 Å². The summed E-state index contributed by atoms with van der Waals surface area (Å²) in [5, 5.41) is 2.84. The molecule has 2 rings (SSSR count). The first-order valence-electron chi connectivity index (χ1n) is 5.63. The molecule has 0 aromatic carbocycles. The number of nitrogens with zero attached hydrogens (tertiary/aromatic N) is 1. The van der Waals surface area contributed by atoms with Crippen LogP contribution in [0.3, 0.4) is 0 Å². The second-order valence-electron chi connectivity index (χ2n) is 3.95. The molecule has 4 nitrogen and oxygen atoms in total. The summed E-state index contributed by atoms with van der Waals surface area (Å²) in [5.74, 6) is -0.0152. The summed E-state index contributed by atoms with van der Waals surface area (Å²) >= 11 is 0. The van der Waals surface area contributed by atoms with Gasteiger partial charge >= 0.3 is 0 Å². The molecule has 16 heavy (non-hydrogen) atoms. The maximum absolute atomic E-state index is 11.8. The fourth-order valence-corrected chi connectivity index (χ4v) is 1.68. The first-order chi connectivity index (χ1) is 7.83. The molecule has 1 amide bonds. The number of nitrogens with two attached hydrogens (primary N) is 1. The van der Waals surface area contributed by atoms with Gasteiger partial charge < -0.3 is 15.6 Å². The van der Waals surface area contributed by atoms with E-state index in [0.717, 1.165) is 5.69 Å². The lowest BCUT2D eigenvalue weighted by Gasteiger charge is -2.07. The van der Waals surface area contributed by atoms with Crippen molar-refractivity contribution in [3.8, 4) is 0 Å². The third-order valence-corrected chi connectivity index (χ3v) is 2.64. The van der Waals surface area contributed by atoms with Gasteiger partial charge in [0.1, 0.15) is 5.69 Å². The van der Waals surface area contributed by atoms with Crippen LogP contribution in [0, 0.1) is 0 Å². The molecule has 4 heteroatoms. The van der Waals surface area contributed by atoms with Gasteiger partial charge in [0.25, 0.3) is 5.91 Å². The minimum atomic E-state index is -0.0152. The zero-order valence-corrected chi connectivity index (χ0v) is 9.23. The minimum absolute atomic E-state index is 0.0152. The molecule has 0 radical (unpaired) electrons. The Bertz CT molecular complexity index is 391. The molecule has 1 aliphatic rings. The average molecular weight is 219 g/mol. The van der Waals surface area contributed by atoms with Gasteiger partial charge in [0.2, 0.25) is 0 Å². The normalized spacial score (nSPS) is 15.6. The smallest absolute Gasteiger partial charge is 0.268 e. The van der Waals surface area contributed by atoms with Crippen molar-refractivity contribution in [1.82, 2.24) is 9.88 Å². The number of hydrogen-bond donors (Lipinski definition) is 2. The molecule has 1 saturated carbocycles. The largest absolute Gasteiger partial charge is 0.347 e. The highest BCUT2D eigenvalue weighted by molar-refractivity contribution is 5.92. The molecule has 1 aromatic rings. The topological polar surface area (TPSA) is 60.0 Å². The molecule has 0 unspecified atom stereocenters. The van der Waals surface area contributed by atoms with Gasteiger partial charge in [0, 0.05) is 25.3 Å². The number of hydrogen-bond acceptors (Lipinski definition) is 2. The molecule has 1 fully saturated rings. The third kappa shape index (κ3) is 2.52. The standard InChI is InChI=1S/C12H17N3O/c13-7-1-2-8-14-12(16)11-4-3-9-15(11)10-5-6-10/h1-4,9-10H,5-8,13H2,(H,14,16)/b2-1+. The molecule has 0 bridgehead atoms. The molecule has 3 N–H and O–H groups in total. The van der Waals surface area contributed by atoms with Gasteiger partial charge in [-0.2, -0.15) is 0 Å². The molecular formula is C12H17N3O. The van der Waals surface area contributed by atoms with Gasteiger partial charge in [0.15, 0.2) is 0 Å². The molecule has 86 valence electrons. The molecule has 1 aliphatic carbocycles. The van der Waals surface area contributed by atoms with Crippen LogP contribution in [0.15, 0.2) is 30.5 Å². The first-order valence-corrected chi connectivity index (χ1v) is 5.63. The molecular weight excluding hydrogens is 202 g/mol. The Kier molecular flexibility index (Phi) is 3.41. The highest BCUT2D eigenvalue weighted by Crippen LogP contribution is 2.35. The average Bonchev–Trinajstić information content (AvgIpc) is 3.02. The van der Waals surface area contributed by atoms with Crippen LogP contribution < -0.4 is 11.1 Å². The Labute approximate surface area is 95.1 Å². The Morgan fingerprint density at radius 2 is 2.38 bits per heavy atom. The predicted molar refractivity (Wildman–Crippen MR) is 63.2 cm³/mol. The molecule has 0 atom stereocenters. The molecule has 1 aromatic heterocycles. The van der Waals surface area contributed by atoms with E-state index in [2.05, 4.69) is 9.88 Å². The minimum Gasteiger partial charge on any atom is -0.347 e. The second kappa shape index (κ2) is 4.99. The quantitative estimate of drug-likeness (QED) is 0.728. The van der Waals surface area contributed by atoms with Crippen LogP contribution in [0.4, 0.5) is 0 Å². The van der Waals surface area contributed by atoms with Crippen LogP contribution in [0.2, 0.25) is 0 Å². The zero-order chi connectivity index (χ0) is 11.4. The Morgan fingerprint density at radius 1 is 1.56 bits per heavy atom. The van der Waals surface area contributed by atoms with E-state index in [0.29, 0.717) is 19.1 Å². The lowest BCUT2D eigenvalue weighted by molar-refractivity contribution is 0.0948. The number of nitrogens with one attached hydrogen (secondary N) is 1. The summed E-state index contributed by atoms with van der Waals surface area (Å²) in [7, 11) is 0. The molecule has 1 heterocycles. The second-order valence-corrected chi connectivity index (χ2v) is 3.95. The van der Waals surface area contributed by atoms with E-state index < -0.39 is 0 Å². The fraction of sp³-hybridized carbons (Fsp3) is 0.417. The van der Waals surface area contributed by atoms with Crippen LogP contribution in [0.1, 0.15) is 29.4 Å². The number of aromatic nitrogens is 1. The number of amides is 1. The summed E-state index contributed by atoms with van der Waals surface area (Å²) in [4.78, 5) is 11.8.